The molecule has 0 bridgehead atoms. The van der Waals surface area contributed by atoms with Crippen LogP contribution in [0.15, 0.2) is 18.2 Å². The number of alkyl halides is 3. The van der Waals surface area contributed by atoms with Crippen LogP contribution in [0.1, 0.15) is 18.1 Å². The van der Waals surface area contributed by atoms with Crippen LogP contribution in [0.25, 0.3) is 0 Å². The SMILES string of the molecule is CN(CCC(O)c1cccc(F)c1F)CC(F)(F)F. The van der Waals surface area contributed by atoms with Gasteiger partial charge in [0.1, 0.15) is 0 Å². The van der Waals surface area contributed by atoms with E-state index in [1.54, 1.807) is 0 Å². The van der Waals surface area contributed by atoms with E-state index in [0.29, 0.717) is 0 Å². The Balaban J connectivity index is 2.56. The van der Waals surface area contributed by atoms with Gasteiger partial charge in [-0.3, -0.25) is 4.90 Å². The molecule has 1 unspecified atom stereocenters. The van der Waals surface area contributed by atoms with Gasteiger partial charge < -0.3 is 5.11 Å². The third-order valence-electron chi connectivity index (χ3n) is 2.57. The third-order valence-corrected chi connectivity index (χ3v) is 2.57. The van der Waals surface area contributed by atoms with Gasteiger partial charge in [0.15, 0.2) is 11.6 Å². The van der Waals surface area contributed by atoms with E-state index in [9.17, 15) is 27.1 Å². The Labute approximate surface area is 107 Å². The van der Waals surface area contributed by atoms with Gasteiger partial charge in [0.2, 0.25) is 0 Å². The molecule has 0 aliphatic carbocycles. The van der Waals surface area contributed by atoms with Crippen LogP contribution in [-0.4, -0.2) is 36.3 Å². The van der Waals surface area contributed by atoms with Gasteiger partial charge in [0, 0.05) is 12.1 Å². The van der Waals surface area contributed by atoms with E-state index in [2.05, 4.69) is 0 Å². The maximum Gasteiger partial charge on any atom is 0.401 e. The molecule has 19 heavy (non-hydrogen) atoms. The molecule has 1 N–H and O–H groups in total. The number of aliphatic hydroxyl groups is 1. The van der Waals surface area contributed by atoms with Crippen LogP contribution in [0.5, 0.6) is 0 Å². The monoisotopic (exact) mass is 283 g/mol. The first-order valence-corrected chi connectivity index (χ1v) is 5.58. The molecule has 1 rings (SSSR count). The minimum absolute atomic E-state index is 0.0867. The minimum Gasteiger partial charge on any atom is -0.388 e. The summed E-state index contributed by atoms with van der Waals surface area (Å²) in [5, 5.41) is 9.66. The average Bonchev–Trinajstić information content (AvgIpc) is 2.27. The molecule has 0 saturated heterocycles. The topological polar surface area (TPSA) is 23.5 Å². The zero-order valence-electron chi connectivity index (χ0n) is 10.2. The van der Waals surface area contributed by atoms with E-state index in [4.69, 9.17) is 0 Å². The maximum absolute atomic E-state index is 13.3. The molecule has 0 aromatic heterocycles. The van der Waals surface area contributed by atoms with Crippen LogP contribution >= 0.6 is 0 Å². The van der Waals surface area contributed by atoms with Gasteiger partial charge in [-0.05, 0) is 19.5 Å². The lowest BCUT2D eigenvalue weighted by Gasteiger charge is -2.20. The van der Waals surface area contributed by atoms with E-state index in [-0.39, 0.29) is 18.5 Å². The van der Waals surface area contributed by atoms with Crippen molar-refractivity contribution >= 4 is 0 Å². The van der Waals surface area contributed by atoms with E-state index in [1.165, 1.54) is 19.2 Å². The number of nitrogens with zero attached hydrogens (tertiary/aromatic N) is 1. The minimum atomic E-state index is -4.33. The second-order valence-corrected chi connectivity index (χ2v) is 4.30. The molecule has 0 amide bonds. The number of hydrogen-bond donors (Lipinski definition) is 1. The molecule has 0 fully saturated rings. The zero-order chi connectivity index (χ0) is 14.6. The molecular formula is C12H14F5NO. The van der Waals surface area contributed by atoms with E-state index in [1.807, 2.05) is 0 Å². The number of hydrogen-bond acceptors (Lipinski definition) is 2. The fourth-order valence-electron chi connectivity index (χ4n) is 1.66. The van der Waals surface area contributed by atoms with Crippen LogP contribution < -0.4 is 0 Å². The van der Waals surface area contributed by atoms with Crippen LogP contribution in [0.2, 0.25) is 0 Å². The highest BCUT2D eigenvalue weighted by molar-refractivity contribution is 5.21. The molecule has 0 heterocycles. The highest BCUT2D eigenvalue weighted by Gasteiger charge is 2.29. The molecule has 0 saturated carbocycles. The van der Waals surface area contributed by atoms with Crippen molar-refractivity contribution < 1.29 is 27.1 Å². The van der Waals surface area contributed by atoms with Crippen molar-refractivity contribution in [3.8, 4) is 0 Å². The predicted octanol–water partition coefficient (Wildman–Crippen LogP) is 2.88. The molecule has 0 spiro atoms. The van der Waals surface area contributed by atoms with Crippen molar-refractivity contribution in [2.24, 2.45) is 0 Å². The Morgan fingerprint density at radius 3 is 2.47 bits per heavy atom. The average molecular weight is 283 g/mol. The van der Waals surface area contributed by atoms with Gasteiger partial charge in [0.05, 0.1) is 12.6 Å². The molecule has 108 valence electrons. The summed E-state index contributed by atoms with van der Waals surface area (Å²) in [5.41, 5.74) is -0.250. The van der Waals surface area contributed by atoms with Crippen LogP contribution in [0.3, 0.4) is 0 Å². The van der Waals surface area contributed by atoms with E-state index in [0.717, 1.165) is 11.0 Å². The Morgan fingerprint density at radius 2 is 1.89 bits per heavy atom. The fraction of sp³-hybridized carbons (Fsp3) is 0.500. The summed E-state index contributed by atoms with van der Waals surface area (Å²) in [6, 6.07) is 3.34. The van der Waals surface area contributed by atoms with Gasteiger partial charge in [-0.1, -0.05) is 12.1 Å². The van der Waals surface area contributed by atoms with Crippen LogP contribution in [0.4, 0.5) is 22.0 Å². The first-order valence-electron chi connectivity index (χ1n) is 5.58. The fourth-order valence-corrected chi connectivity index (χ4v) is 1.66. The molecule has 0 aliphatic rings. The number of benzene rings is 1. The summed E-state index contributed by atoms with van der Waals surface area (Å²) in [4.78, 5) is 0.959. The summed E-state index contributed by atoms with van der Waals surface area (Å²) in [5.74, 6) is -2.27. The third kappa shape index (κ3) is 5.12. The van der Waals surface area contributed by atoms with Crippen molar-refractivity contribution in [1.82, 2.24) is 4.90 Å². The Morgan fingerprint density at radius 1 is 1.26 bits per heavy atom. The van der Waals surface area contributed by atoms with Gasteiger partial charge in [-0.2, -0.15) is 13.2 Å². The van der Waals surface area contributed by atoms with E-state index >= 15 is 0 Å². The molecule has 1 atom stereocenters. The zero-order valence-corrected chi connectivity index (χ0v) is 10.2. The van der Waals surface area contributed by atoms with Crippen molar-refractivity contribution in [3.05, 3.63) is 35.4 Å². The Bertz CT molecular complexity index is 421. The highest BCUT2D eigenvalue weighted by Crippen LogP contribution is 2.22. The quantitative estimate of drug-likeness (QED) is 0.840. The lowest BCUT2D eigenvalue weighted by atomic mass is 10.1. The first kappa shape index (κ1) is 15.8. The number of halogens is 5. The van der Waals surface area contributed by atoms with Crippen LogP contribution in [-0.2, 0) is 0 Å². The normalized spacial score (nSPS) is 13.9. The van der Waals surface area contributed by atoms with Crippen LogP contribution in [0, 0.1) is 11.6 Å². The second kappa shape index (κ2) is 6.29. The summed E-state index contributed by atoms with van der Waals surface area (Å²) < 4.78 is 62.4. The Hall–Kier alpha value is -1.21. The maximum atomic E-state index is 13.3. The Kier molecular flexibility index (Phi) is 5.25. The molecule has 7 heteroatoms. The van der Waals surface area contributed by atoms with E-state index < -0.39 is 30.5 Å². The van der Waals surface area contributed by atoms with Crippen molar-refractivity contribution in [2.75, 3.05) is 20.1 Å². The second-order valence-electron chi connectivity index (χ2n) is 4.30. The molecule has 2 nitrogen and oxygen atoms in total. The lowest BCUT2D eigenvalue weighted by molar-refractivity contribution is -0.143. The number of rotatable bonds is 5. The molecular weight excluding hydrogens is 269 g/mol. The largest absolute Gasteiger partial charge is 0.401 e. The van der Waals surface area contributed by atoms with Gasteiger partial charge >= 0.3 is 6.18 Å². The van der Waals surface area contributed by atoms with Crippen molar-refractivity contribution in [3.63, 3.8) is 0 Å². The highest BCUT2D eigenvalue weighted by atomic mass is 19.4. The number of aliphatic hydroxyl groups excluding tert-OH is 1. The molecule has 1 aromatic rings. The van der Waals surface area contributed by atoms with Gasteiger partial charge in [-0.15, -0.1) is 0 Å². The van der Waals surface area contributed by atoms with Crippen molar-refractivity contribution in [2.45, 2.75) is 18.7 Å². The standard InChI is InChI=1S/C12H14F5NO/c1-18(7-12(15,16)17)6-5-10(19)8-3-2-4-9(13)11(8)14/h2-4,10,19H,5-7H2,1H3. The predicted molar refractivity (Wildman–Crippen MR) is 59.5 cm³/mol. The van der Waals surface area contributed by atoms with Crippen molar-refractivity contribution in [1.29, 1.82) is 0 Å². The molecule has 1 aromatic carbocycles. The van der Waals surface area contributed by atoms with Gasteiger partial charge in [-0.25, -0.2) is 8.78 Å². The summed E-state index contributed by atoms with van der Waals surface area (Å²) >= 11 is 0. The molecule has 0 radical (unpaired) electrons. The summed E-state index contributed by atoms with van der Waals surface area (Å²) in [6.45, 7) is -1.21. The molecule has 0 aliphatic heterocycles. The first-order chi connectivity index (χ1) is 8.70. The summed E-state index contributed by atoms with van der Waals surface area (Å²) in [7, 11) is 1.24. The smallest absolute Gasteiger partial charge is 0.388 e. The lowest BCUT2D eigenvalue weighted by Crippen LogP contribution is -2.32. The summed E-state index contributed by atoms with van der Waals surface area (Å²) in [6.07, 6.45) is -5.79. The van der Waals surface area contributed by atoms with Gasteiger partial charge in [0.25, 0.3) is 0 Å².